The molecule has 2 atom stereocenters. The number of benzene rings is 1. The van der Waals surface area contributed by atoms with Gasteiger partial charge in [0.15, 0.2) is 0 Å². The van der Waals surface area contributed by atoms with Crippen LogP contribution in [0, 0.1) is 5.41 Å². The van der Waals surface area contributed by atoms with Gasteiger partial charge in [0.25, 0.3) is 0 Å². The third-order valence-corrected chi connectivity index (χ3v) is 4.68. The lowest BCUT2D eigenvalue weighted by Gasteiger charge is -2.33. The lowest BCUT2D eigenvalue weighted by molar-refractivity contribution is 0.0564. The zero-order valence-electron chi connectivity index (χ0n) is 13.2. The van der Waals surface area contributed by atoms with Crippen molar-refractivity contribution in [2.75, 3.05) is 13.2 Å². The highest BCUT2D eigenvalue weighted by Crippen LogP contribution is 2.39. The van der Waals surface area contributed by atoms with Crippen LogP contribution in [0.4, 0.5) is 0 Å². The van der Waals surface area contributed by atoms with Crippen LogP contribution in [0.2, 0.25) is 0 Å². The molecule has 2 nitrogen and oxygen atoms in total. The monoisotopic (exact) mass is 275 g/mol. The van der Waals surface area contributed by atoms with Gasteiger partial charge < -0.3 is 10.1 Å². The van der Waals surface area contributed by atoms with Crippen molar-refractivity contribution in [2.24, 2.45) is 5.41 Å². The molecule has 20 heavy (non-hydrogen) atoms. The van der Waals surface area contributed by atoms with E-state index in [0.29, 0.717) is 17.6 Å². The molecule has 0 amide bonds. The van der Waals surface area contributed by atoms with Crippen LogP contribution in [0.5, 0.6) is 0 Å². The molecule has 1 N–H and O–H groups in total. The van der Waals surface area contributed by atoms with Gasteiger partial charge in [0.05, 0.1) is 6.10 Å². The quantitative estimate of drug-likeness (QED) is 0.817. The average molecular weight is 275 g/mol. The minimum atomic E-state index is 0.332. The predicted octanol–water partition coefficient (Wildman–Crippen LogP) is 3.80. The van der Waals surface area contributed by atoms with E-state index in [2.05, 4.69) is 56.4 Å². The summed E-state index contributed by atoms with van der Waals surface area (Å²) in [7, 11) is 0. The van der Waals surface area contributed by atoms with E-state index in [4.69, 9.17) is 4.74 Å². The molecule has 0 spiro atoms. The number of hydrogen-bond acceptors (Lipinski definition) is 2. The van der Waals surface area contributed by atoms with Gasteiger partial charge in [0, 0.05) is 24.6 Å². The van der Waals surface area contributed by atoms with Gasteiger partial charge in [-0.3, -0.25) is 0 Å². The standard InChI is InChI=1S/C18H29NO/c1-15(2)19-14-18(12-13-20-16(18)3)11-7-10-17-8-5-4-6-9-17/h4-6,8-9,15-16,19H,7,10-14H2,1-3H3. The second kappa shape index (κ2) is 7.24. The van der Waals surface area contributed by atoms with Crippen LogP contribution in [0.3, 0.4) is 0 Å². The van der Waals surface area contributed by atoms with E-state index < -0.39 is 0 Å². The first-order valence-electron chi connectivity index (χ1n) is 8.01. The van der Waals surface area contributed by atoms with Crippen LogP contribution in [0.15, 0.2) is 30.3 Å². The molecule has 2 rings (SSSR count). The van der Waals surface area contributed by atoms with Gasteiger partial charge in [0.1, 0.15) is 0 Å². The first kappa shape index (κ1) is 15.5. The second-order valence-electron chi connectivity index (χ2n) is 6.50. The summed E-state index contributed by atoms with van der Waals surface area (Å²) >= 11 is 0. The SMILES string of the molecule is CC(C)NCC1(CCCc2ccccc2)CCOC1C. The maximum absolute atomic E-state index is 5.86. The Morgan fingerprint density at radius 1 is 1.30 bits per heavy atom. The van der Waals surface area contributed by atoms with E-state index >= 15 is 0 Å². The van der Waals surface area contributed by atoms with Crippen molar-refractivity contribution in [1.29, 1.82) is 0 Å². The first-order chi connectivity index (χ1) is 9.62. The molecule has 1 fully saturated rings. The molecule has 2 heteroatoms. The molecule has 1 aliphatic rings. The van der Waals surface area contributed by atoms with Gasteiger partial charge in [-0.05, 0) is 38.2 Å². The Morgan fingerprint density at radius 2 is 2.05 bits per heavy atom. The molecule has 112 valence electrons. The Kier molecular flexibility index (Phi) is 5.62. The summed E-state index contributed by atoms with van der Waals surface area (Å²) in [5.41, 5.74) is 1.78. The number of nitrogens with one attached hydrogen (secondary N) is 1. The summed E-state index contributed by atoms with van der Waals surface area (Å²) in [5.74, 6) is 0. The van der Waals surface area contributed by atoms with E-state index in [1.165, 1.54) is 31.2 Å². The maximum Gasteiger partial charge on any atom is 0.0616 e. The molecule has 0 saturated carbocycles. The maximum atomic E-state index is 5.86. The lowest BCUT2D eigenvalue weighted by atomic mass is 9.76. The summed E-state index contributed by atoms with van der Waals surface area (Å²) in [6.45, 7) is 8.70. The number of ether oxygens (including phenoxy) is 1. The van der Waals surface area contributed by atoms with Crippen molar-refractivity contribution in [1.82, 2.24) is 5.32 Å². The summed E-state index contributed by atoms with van der Waals surface area (Å²) < 4.78 is 5.86. The molecule has 1 saturated heterocycles. The molecule has 0 bridgehead atoms. The van der Waals surface area contributed by atoms with Gasteiger partial charge in [0.2, 0.25) is 0 Å². The molecule has 0 aromatic heterocycles. The van der Waals surface area contributed by atoms with Gasteiger partial charge >= 0.3 is 0 Å². The fourth-order valence-corrected chi connectivity index (χ4v) is 3.16. The lowest BCUT2D eigenvalue weighted by Crippen LogP contribution is -2.42. The van der Waals surface area contributed by atoms with Gasteiger partial charge in [-0.2, -0.15) is 0 Å². The minimum absolute atomic E-state index is 0.332. The van der Waals surface area contributed by atoms with Crippen LogP contribution in [0.25, 0.3) is 0 Å². The number of aryl methyl sites for hydroxylation is 1. The molecule has 0 radical (unpaired) electrons. The van der Waals surface area contributed by atoms with Crippen molar-refractivity contribution in [3.05, 3.63) is 35.9 Å². The third kappa shape index (κ3) is 4.07. The fourth-order valence-electron chi connectivity index (χ4n) is 3.16. The molecular formula is C18H29NO. The van der Waals surface area contributed by atoms with Crippen LogP contribution >= 0.6 is 0 Å². The van der Waals surface area contributed by atoms with Crippen molar-refractivity contribution >= 4 is 0 Å². The van der Waals surface area contributed by atoms with Crippen LogP contribution < -0.4 is 5.32 Å². The predicted molar refractivity (Wildman–Crippen MR) is 85.0 cm³/mol. The van der Waals surface area contributed by atoms with Crippen LogP contribution in [-0.2, 0) is 11.2 Å². The third-order valence-electron chi connectivity index (χ3n) is 4.68. The van der Waals surface area contributed by atoms with Crippen LogP contribution in [-0.4, -0.2) is 25.3 Å². The zero-order valence-corrected chi connectivity index (χ0v) is 13.2. The molecule has 1 aromatic carbocycles. The van der Waals surface area contributed by atoms with Crippen molar-refractivity contribution in [3.8, 4) is 0 Å². The van der Waals surface area contributed by atoms with Crippen molar-refractivity contribution < 1.29 is 4.74 Å². The molecular weight excluding hydrogens is 246 g/mol. The summed E-state index contributed by atoms with van der Waals surface area (Å²) in [6, 6.07) is 11.4. The Bertz CT molecular complexity index is 390. The smallest absolute Gasteiger partial charge is 0.0616 e. The summed E-state index contributed by atoms with van der Waals surface area (Å²) in [6.07, 6.45) is 5.25. The van der Waals surface area contributed by atoms with Crippen molar-refractivity contribution in [3.63, 3.8) is 0 Å². The topological polar surface area (TPSA) is 21.3 Å². The van der Waals surface area contributed by atoms with E-state index in [1.54, 1.807) is 0 Å². The molecule has 1 aromatic rings. The fraction of sp³-hybridized carbons (Fsp3) is 0.667. The highest BCUT2D eigenvalue weighted by Gasteiger charge is 2.40. The highest BCUT2D eigenvalue weighted by atomic mass is 16.5. The Labute approximate surface area is 123 Å². The van der Waals surface area contributed by atoms with Gasteiger partial charge in [-0.25, -0.2) is 0 Å². The van der Waals surface area contributed by atoms with E-state index in [1.807, 2.05) is 0 Å². The Hall–Kier alpha value is -0.860. The molecule has 2 unspecified atom stereocenters. The largest absolute Gasteiger partial charge is 0.378 e. The van der Waals surface area contributed by atoms with Crippen molar-refractivity contribution in [2.45, 2.75) is 58.6 Å². The van der Waals surface area contributed by atoms with Gasteiger partial charge in [-0.15, -0.1) is 0 Å². The summed E-state index contributed by atoms with van der Waals surface area (Å²) in [4.78, 5) is 0. The molecule has 1 aliphatic heterocycles. The number of rotatable bonds is 7. The second-order valence-corrected chi connectivity index (χ2v) is 6.50. The van der Waals surface area contributed by atoms with Gasteiger partial charge in [-0.1, -0.05) is 44.2 Å². The minimum Gasteiger partial charge on any atom is -0.378 e. The Morgan fingerprint density at radius 3 is 2.65 bits per heavy atom. The summed E-state index contributed by atoms with van der Waals surface area (Å²) in [5, 5.41) is 3.63. The zero-order chi connectivity index (χ0) is 14.4. The molecule has 1 heterocycles. The first-order valence-corrected chi connectivity index (χ1v) is 8.01. The normalized spacial score (nSPS) is 26.3. The van der Waals surface area contributed by atoms with E-state index in [0.717, 1.165) is 13.2 Å². The average Bonchev–Trinajstić information content (AvgIpc) is 2.80. The van der Waals surface area contributed by atoms with E-state index in [-0.39, 0.29) is 0 Å². The Balaban J connectivity index is 1.88. The van der Waals surface area contributed by atoms with E-state index in [9.17, 15) is 0 Å². The van der Waals surface area contributed by atoms with Crippen LogP contribution in [0.1, 0.15) is 45.6 Å². The number of hydrogen-bond donors (Lipinski definition) is 1. The molecule has 0 aliphatic carbocycles. The highest BCUT2D eigenvalue weighted by molar-refractivity contribution is 5.14.